The van der Waals surface area contributed by atoms with E-state index in [4.69, 9.17) is 17.3 Å². The van der Waals surface area contributed by atoms with E-state index in [9.17, 15) is 0 Å². The van der Waals surface area contributed by atoms with Crippen LogP contribution in [0.25, 0.3) is 0 Å². The molecule has 4 heteroatoms. The van der Waals surface area contributed by atoms with Gasteiger partial charge in [0.05, 0.1) is 5.02 Å². The molecule has 0 fully saturated rings. The molecular weight excluding hydrogens is 252 g/mol. The molecule has 2 N–H and O–H groups in total. The highest BCUT2D eigenvalue weighted by atomic mass is 35.5. The number of rotatable bonds is 3. The van der Waals surface area contributed by atoms with Gasteiger partial charge in [0.1, 0.15) is 5.03 Å². The summed E-state index contributed by atoms with van der Waals surface area (Å²) in [6, 6.07) is 11.7. The van der Waals surface area contributed by atoms with Crippen LogP contribution in [0.5, 0.6) is 0 Å². The predicted octanol–water partition coefficient (Wildman–Crippen LogP) is 3.91. The minimum absolute atomic E-state index is 0.0156. The average Bonchev–Trinajstić information content (AvgIpc) is 2.33. The number of hydrogen-bond donors (Lipinski definition) is 1. The van der Waals surface area contributed by atoms with E-state index in [2.05, 4.69) is 4.98 Å². The maximum Gasteiger partial charge on any atom is 0.101 e. The Labute approximate surface area is 110 Å². The zero-order chi connectivity index (χ0) is 12.3. The van der Waals surface area contributed by atoms with E-state index < -0.39 is 0 Å². The van der Waals surface area contributed by atoms with Crippen LogP contribution in [-0.2, 0) is 0 Å². The number of benzene rings is 1. The van der Waals surface area contributed by atoms with Gasteiger partial charge < -0.3 is 5.73 Å². The normalized spacial score (nSPS) is 12.4. The molecule has 88 valence electrons. The van der Waals surface area contributed by atoms with E-state index in [-0.39, 0.29) is 6.04 Å². The quantitative estimate of drug-likeness (QED) is 0.914. The van der Waals surface area contributed by atoms with Gasteiger partial charge in [-0.2, -0.15) is 0 Å². The largest absolute Gasteiger partial charge is 0.324 e. The van der Waals surface area contributed by atoms with Crippen molar-refractivity contribution in [2.75, 3.05) is 0 Å². The predicted molar refractivity (Wildman–Crippen MR) is 72.4 cm³/mol. The van der Waals surface area contributed by atoms with E-state index in [0.717, 1.165) is 20.5 Å². The van der Waals surface area contributed by atoms with E-state index in [1.54, 1.807) is 11.8 Å². The van der Waals surface area contributed by atoms with Gasteiger partial charge in [0, 0.05) is 17.1 Å². The van der Waals surface area contributed by atoms with Crippen LogP contribution in [0.3, 0.4) is 0 Å². The lowest BCUT2D eigenvalue weighted by Crippen LogP contribution is -2.04. The lowest BCUT2D eigenvalue weighted by Gasteiger charge is -2.06. The molecule has 1 heterocycles. The van der Waals surface area contributed by atoms with Crippen LogP contribution in [-0.4, -0.2) is 4.98 Å². The summed E-state index contributed by atoms with van der Waals surface area (Å²) in [6.45, 7) is 1.94. The zero-order valence-electron chi connectivity index (χ0n) is 9.43. The maximum atomic E-state index is 6.09. The maximum absolute atomic E-state index is 6.09. The van der Waals surface area contributed by atoms with Gasteiger partial charge in [0.25, 0.3) is 0 Å². The van der Waals surface area contributed by atoms with Crippen LogP contribution in [0, 0.1) is 0 Å². The van der Waals surface area contributed by atoms with Gasteiger partial charge in [-0.05, 0) is 30.7 Å². The Morgan fingerprint density at radius 2 is 2.00 bits per heavy atom. The van der Waals surface area contributed by atoms with Gasteiger partial charge in [-0.3, -0.25) is 0 Å². The minimum atomic E-state index is 0.0156. The second-order valence-corrected chi connectivity index (χ2v) is 5.22. The molecule has 1 aromatic carbocycles. The summed E-state index contributed by atoms with van der Waals surface area (Å²) in [5.41, 5.74) is 6.81. The fraction of sp³-hybridized carbons (Fsp3) is 0.154. The molecule has 0 unspecified atom stereocenters. The molecule has 17 heavy (non-hydrogen) atoms. The van der Waals surface area contributed by atoms with Crippen LogP contribution in [0.2, 0.25) is 5.02 Å². The SMILES string of the molecule is C[C@H](N)c1ccc(Sc2ccccc2Cl)nc1. The molecule has 0 aliphatic rings. The molecule has 0 saturated carbocycles. The first-order valence-corrected chi connectivity index (χ1v) is 6.50. The van der Waals surface area contributed by atoms with E-state index in [1.165, 1.54) is 0 Å². The van der Waals surface area contributed by atoms with Crippen molar-refractivity contribution >= 4 is 23.4 Å². The molecule has 2 nitrogen and oxygen atoms in total. The highest BCUT2D eigenvalue weighted by molar-refractivity contribution is 7.99. The van der Waals surface area contributed by atoms with E-state index in [1.807, 2.05) is 49.5 Å². The number of pyridine rings is 1. The standard InChI is InChI=1S/C13H13ClN2S/c1-9(15)10-6-7-13(16-8-10)17-12-5-3-2-4-11(12)14/h2-9H,15H2,1H3/t9-/m0/s1. The lowest BCUT2D eigenvalue weighted by molar-refractivity contribution is 0.806. The Bertz CT molecular complexity index is 497. The topological polar surface area (TPSA) is 38.9 Å². The molecule has 1 atom stereocenters. The summed E-state index contributed by atoms with van der Waals surface area (Å²) in [5.74, 6) is 0. The number of nitrogens with two attached hydrogens (primary N) is 1. The molecule has 1 aromatic heterocycles. The van der Waals surface area contributed by atoms with Gasteiger partial charge in [-0.25, -0.2) is 4.98 Å². The summed E-state index contributed by atoms with van der Waals surface area (Å²) in [5, 5.41) is 1.66. The Balaban J connectivity index is 2.17. The van der Waals surface area contributed by atoms with Crippen molar-refractivity contribution in [1.29, 1.82) is 0 Å². The van der Waals surface area contributed by atoms with Gasteiger partial charge in [-0.1, -0.05) is 41.6 Å². The van der Waals surface area contributed by atoms with Crippen LogP contribution in [0.15, 0.2) is 52.5 Å². The molecule has 0 amide bonds. The molecule has 2 rings (SSSR count). The third-order valence-electron chi connectivity index (χ3n) is 2.34. The smallest absolute Gasteiger partial charge is 0.101 e. The monoisotopic (exact) mass is 264 g/mol. The third-order valence-corrected chi connectivity index (χ3v) is 3.80. The van der Waals surface area contributed by atoms with Gasteiger partial charge in [-0.15, -0.1) is 0 Å². The second kappa shape index (κ2) is 5.54. The molecule has 2 aromatic rings. The Morgan fingerprint density at radius 3 is 2.59 bits per heavy atom. The summed E-state index contributed by atoms with van der Waals surface area (Å²) in [4.78, 5) is 5.37. The average molecular weight is 265 g/mol. The highest BCUT2D eigenvalue weighted by Crippen LogP contribution is 2.31. The van der Waals surface area contributed by atoms with Crippen molar-refractivity contribution in [2.24, 2.45) is 5.73 Å². The van der Waals surface area contributed by atoms with Crippen molar-refractivity contribution in [3.8, 4) is 0 Å². The van der Waals surface area contributed by atoms with Gasteiger partial charge in [0.2, 0.25) is 0 Å². The van der Waals surface area contributed by atoms with Crippen molar-refractivity contribution in [1.82, 2.24) is 4.98 Å². The number of hydrogen-bond acceptors (Lipinski definition) is 3. The van der Waals surface area contributed by atoms with Gasteiger partial charge >= 0.3 is 0 Å². The van der Waals surface area contributed by atoms with Crippen molar-refractivity contribution in [2.45, 2.75) is 22.9 Å². The van der Waals surface area contributed by atoms with Crippen molar-refractivity contribution in [3.63, 3.8) is 0 Å². The number of aromatic nitrogens is 1. The second-order valence-electron chi connectivity index (χ2n) is 3.75. The summed E-state index contributed by atoms with van der Waals surface area (Å²) < 4.78 is 0. The van der Waals surface area contributed by atoms with E-state index >= 15 is 0 Å². The fourth-order valence-corrected chi connectivity index (χ4v) is 2.39. The zero-order valence-corrected chi connectivity index (χ0v) is 11.0. The van der Waals surface area contributed by atoms with Crippen LogP contribution >= 0.6 is 23.4 Å². The lowest BCUT2D eigenvalue weighted by atomic mass is 10.2. The first-order chi connectivity index (χ1) is 8.16. The Morgan fingerprint density at radius 1 is 1.24 bits per heavy atom. The molecule has 0 aliphatic carbocycles. The fourth-order valence-electron chi connectivity index (χ4n) is 1.36. The number of nitrogens with zero attached hydrogens (tertiary/aromatic N) is 1. The van der Waals surface area contributed by atoms with Crippen molar-refractivity contribution < 1.29 is 0 Å². The highest BCUT2D eigenvalue weighted by Gasteiger charge is 2.04. The Kier molecular flexibility index (Phi) is 4.05. The third kappa shape index (κ3) is 3.22. The van der Waals surface area contributed by atoms with Crippen LogP contribution in [0.1, 0.15) is 18.5 Å². The summed E-state index contributed by atoms with van der Waals surface area (Å²) in [7, 11) is 0. The molecule has 0 saturated heterocycles. The minimum Gasteiger partial charge on any atom is -0.324 e. The van der Waals surface area contributed by atoms with E-state index in [0.29, 0.717) is 0 Å². The number of halogens is 1. The first-order valence-electron chi connectivity index (χ1n) is 5.31. The molecule has 0 aliphatic heterocycles. The van der Waals surface area contributed by atoms with Crippen molar-refractivity contribution in [3.05, 3.63) is 53.2 Å². The molecular formula is C13H13ClN2S. The molecule has 0 bridgehead atoms. The summed E-state index contributed by atoms with van der Waals surface area (Å²) in [6.07, 6.45) is 1.81. The van der Waals surface area contributed by atoms with Gasteiger partial charge in [0.15, 0.2) is 0 Å². The summed E-state index contributed by atoms with van der Waals surface area (Å²) >= 11 is 7.64. The first kappa shape index (κ1) is 12.4. The molecule has 0 radical (unpaired) electrons. The molecule has 0 spiro atoms. The Hall–Kier alpha value is -1.03. The van der Waals surface area contributed by atoms with Crippen LogP contribution < -0.4 is 5.73 Å². The van der Waals surface area contributed by atoms with Crippen LogP contribution in [0.4, 0.5) is 0 Å².